The third-order valence-corrected chi connectivity index (χ3v) is 3.90. The van der Waals surface area contributed by atoms with Crippen molar-refractivity contribution in [3.05, 3.63) is 0 Å². The Morgan fingerprint density at radius 1 is 1.24 bits per heavy atom. The minimum atomic E-state index is -0.972. The minimum absolute atomic E-state index is 0.0429. The second kappa shape index (κ2) is 7.44. The first-order valence-electron chi connectivity index (χ1n) is 6.61. The Morgan fingerprint density at radius 2 is 1.81 bits per heavy atom. The second-order valence-corrected chi connectivity index (χ2v) is 6.68. The number of nitrogens with one attached hydrogen (secondary N) is 1. The number of carbonyl (C=O) groups is 4. The topological polar surface area (TPSA) is 104 Å². The maximum Gasteiger partial charge on any atom is 0.313 e. The maximum absolute atomic E-state index is 11.9. The number of carboxylic acids is 1. The van der Waals surface area contributed by atoms with Gasteiger partial charge in [-0.1, -0.05) is 13.8 Å². The lowest BCUT2D eigenvalue weighted by Gasteiger charge is -2.34. The molecule has 0 atom stereocenters. The summed E-state index contributed by atoms with van der Waals surface area (Å²) in [5.74, 6) is -1.80. The number of piperidine rings is 1. The van der Waals surface area contributed by atoms with E-state index in [1.807, 2.05) is 13.8 Å². The van der Waals surface area contributed by atoms with Crippen LogP contribution >= 0.6 is 11.8 Å². The van der Waals surface area contributed by atoms with Crippen LogP contribution in [0.2, 0.25) is 0 Å². The van der Waals surface area contributed by atoms with Gasteiger partial charge < -0.3 is 10.4 Å². The highest BCUT2D eigenvalue weighted by atomic mass is 32.2. The van der Waals surface area contributed by atoms with Crippen LogP contribution in [0.4, 0.5) is 0 Å². The van der Waals surface area contributed by atoms with E-state index >= 15 is 0 Å². The summed E-state index contributed by atoms with van der Waals surface area (Å²) in [4.78, 5) is 46.6. The molecule has 2 N–H and O–H groups in total. The van der Waals surface area contributed by atoms with E-state index < -0.39 is 5.97 Å². The van der Waals surface area contributed by atoms with Gasteiger partial charge in [-0.2, -0.15) is 0 Å². The first-order valence-corrected chi connectivity index (χ1v) is 7.76. The molecular formula is C13H20N2O5S. The molecule has 0 bridgehead atoms. The van der Waals surface area contributed by atoms with Crippen LogP contribution in [0, 0.1) is 5.41 Å². The molecule has 1 aliphatic rings. The van der Waals surface area contributed by atoms with E-state index in [1.165, 1.54) is 4.90 Å². The molecule has 7 nitrogen and oxygen atoms in total. The Kier molecular flexibility index (Phi) is 6.19. The van der Waals surface area contributed by atoms with Gasteiger partial charge in [0.15, 0.2) is 0 Å². The molecule has 1 aliphatic heterocycles. The van der Waals surface area contributed by atoms with Gasteiger partial charge in [-0.3, -0.25) is 24.1 Å². The molecule has 0 spiro atoms. The second-order valence-electron chi connectivity index (χ2n) is 5.69. The van der Waals surface area contributed by atoms with Gasteiger partial charge in [0.2, 0.25) is 17.7 Å². The fourth-order valence-electron chi connectivity index (χ4n) is 2.05. The highest BCUT2D eigenvalue weighted by Gasteiger charge is 2.36. The molecule has 118 valence electrons. The van der Waals surface area contributed by atoms with E-state index in [0.29, 0.717) is 12.8 Å². The van der Waals surface area contributed by atoms with Crippen molar-refractivity contribution in [3.63, 3.8) is 0 Å². The lowest BCUT2D eigenvalue weighted by molar-refractivity contribution is -0.152. The quantitative estimate of drug-likeness (QED) is 0.645. The first kappa shape index (κ1) is 17.5. The van der Waals surface area contributed by atoms with Crippen molar-refractivity contribution >= 4 is 35.5 Å². The summed E-state index contributed by atoms with van der Waals surface area (Å²) in [5, 5.41) is 11.0. The van der Waals surface area contributed by atoms with E-state index in [-0.39, 0.29) is 47.7 Å². The zero-order valence-corrected chi connectivity index (χ0v) is 13.0. The largest absolute Gasteiger partial charge is 0.481 e. The molecule has 0 aromatic heterocycles. The number of imide groups is 1. The summed E-state index contributed by atoms with van der Waals surface area (Å²) >= 11 is 0.997. The molecule has 1 saturated heterocycles. The van der Waals surface area contributed by atoms with Crippen LogP contribution in [0.1, 0.15) is 26.7 Å². The van der Waals surface area contributed by atoms with Gasteiger partial charge in [0.1, 0.15) is 0 Å². The number of amides is 3. The average molecular weight is 316 g/mol. The van der Waals surface area contributed by atoms with Crippen molar-refractivity contribution in [2.24, 2.45) is 5.41 Å². The number of rotatable bonds is 7. The van der Waals surface area contributed by atoms with Crippen LogP contribution in [0.25, 0.3) is 0 Å². The average Bonchev–Trinajstić information content (AvgIpc) is 2.30. The first-order chi connectivity index (χ1) is 9.71. The maximum atomic E-state index is 11.9. The predicted molar refractivity (Wildman–Crippen MR) is 77.7 cm³/mol. The molecule has 1 heterocycles. The molecule has 0 aromatic rings. The number of thioether (sulfide) groups is 1. The SMILES string of the molecule is CC1(C)CC(=O)N(CCNC(=O)CSCC(=O)O)C(=O)C1. The Labute approximate surface area is 127 Å². The van der Waals surface area contributed by atoms with Gasteiger partial charge in [-0.25, -0.2) is 0 Å². The van der Waals surface area contributed by atoms with Crippen molar-refractivity contribution in [1.29, 1.82) is 0 Å². The molecule has 3 amide bonds. The van der Waals surface area contributed by atoms with Gasteiger partial charge in [-0.05, 0) is 5.41 Å². The highest BCUT2D eigenvalue weighted by Crippen LogP contribution is 2.31. The lowest BCUT2D eigenvalue weighted by atomic mass is 9.82. The zero-order valence-electron chi connectivity index (χ0n) is 12.2. The van der Waals surface area contributed by atoms with Gasteiger partial charge in [-0.15, -0.1) is 11.8 Å². The van der Waals surface area contributed by atoms with Gasteiger partial charge in [0.05, 0.1) is 11.5 Å². The number of aliphatic carboxylic acids is 1. The predicted octanol–water partition coefficient (Wildman–Crippen LogP) is 0.0956. The fourth-order valence-corrected chi connectivity index (χ4v) is 2.61. The molecule has 0 aliphatic carbocycles. The van der Waals surface area contributed by atoms with Crippen LogP contribution < -0.4 is 5.32 Å². The number of nitrogens with zero attached hydrogens (tertiary/aromatic N) is 1. The molecule has 0 aromatic carbocycles. The number of carboxylic acid groups (broad SMARTS) is 1. The Balaban J connectivity index is 2.29. The number of carbonyl (C=O) groups excluding carboxylic acids is 3. The summed E-state index contributed by atoms with van der Waals surface area (Å²) in [7, 11) is 0. The van der Waals surface area contributed by atoms with E-state index in [0.717, 1.165) is 11.8 Å². The van der Waals surface area contributed by atoms with E-state index in [2.05, 4.69) is 5.32 Å². The van der Waals surface area contributed by atoms with E-state index in [4.69, 9.17) is 5.11 Å². The summed E-state index contributed by atoms with van der Waals surface area (Å²) in [6.45, 7) is 4.09. The summed E-state index contributed by atoms with van der Waals surface area (Å²) in [6.07, 6.45) is 0.641. The van der Waals surface area contributed by atoms with Crippen molar-refractivity contribution in [3.8, 4) is 0 Å². The molecule has 0 saturated carbocycles. The van der Waals surface area contributed by atoms with Gasteiger partial charge in [0, 0.05) is 25.9 Å². The highest BCUT2D eigenvalue weighted by molar-refractivity contribution is 8.00. The monoisotopic (exact) mass is 316 g/mol. The molecule has 1 fully saturated rings. The van der Waals surface area contributed by atoms with Crippen LogP contribution in [-0.2, 0) is 19.2 Å². The Morgan fingerprint density at radius 3 is 2.33 bits per heavy atom. The van der Waals surface area contributed by atoms with Crippen molar-refractivity contribution in [2.45, 2.75) is 26.7 Å². The smallest absolute Gasteiger partial charge is 0.313 e. The zero-order chi connectivity index (χ0) is 16.0. The van der Waals surface area contributed by atoms with Crippen LogP contribution in [0.5, 0.6) is 0 Å². The van der Waals surface area contributed by atoms with Crippen molar-refractivity contribution in [2.75, 3.05) is 24.6 Å². The molecule has 8 heteroatoms. The van der Waals surface area contributed by atoms with Crippen LogP contribution in [-0.4, -0.2) is 58.3 Å². The van der Waals surface area contributed by atoms with E-state index in [1.54, 1.807) is 0 Å². The lowest BCUT2D eigenvalue weighted by Crippen LogP contribution is -2.48. The number of hydrogen-bond donors (Lipinski definition) is 2. The minimum Gasteiger partial charge on any atom is -0.481 e. The van der Waals surface area contributed by atoms with E-state index in [9.17, 15) is 19.2 Å². The van der Waals surface area contributed by atoms with Crippen molar-refractivity contribution in [1.82, 2.24) is 10.2 Å². The molecule has 21 heavy (non-hydrogen) atoms. The number of hydrogen-bond acceptors (Lipinski definition) is 5. The summed E-state index contributed by atoms with van der Waals surface area (Å²) in [6, 6.07) is 0. The molecule has 1 rings (SSSR count). The standard InChI is InChI=1S/C13H20N2O5S/c1-13(2)5-10(17)15(11(18)6-13)4-3-14-9(16)7-21-8-12(19)20/h3-8H2,1-2H3,(H,14,16)(H,19,20). The molecule has 0 unspecified atom stereocenters. The molecular weight excluding hydrogens is 296 g/mol. The number of likely N-dealkylation sites (tertiary alicyclic amines) is 1. The molecule has 0 radical (unpaired) electrons. The van der Waals surface area contributed by atoms with Crippen LogP contribution in [0.3, 0.4) is 0 Å². The van der Waals surface area contributed by atoms with Crippen molar-refractivity contribution < 1.29 is 24.3 Å². The normalized spacial score (nSPS) is 17.7. The fraction of sp³-hybridized carbons (Fsp3) is 0.692. The Bertz CT molecular complexity index is 430. The summed E-state index contributed by atoms with van der Waals surface area (Å²) < 4.78 is 0. The Hall–Kier alpha value is -1.57. The van der Waals surface area contributed by atoms with Gasteiger partial charge in [0.25, 0.3) is 0 Å². The van der Waals surface area contributed by atoms with Gasteiger partial charge >= 0.3 is 5.97 Å². The van der Waals surface area contributed by atoms with Crippen LogP contribution in [0.15, 0.2) is 0 Å². The third-order valence-electron chi connectivity index (χ3n) is 2.98. The third kappa shape index (κ3) is 6.16. The summed E-state index contributed by atoms with van der Waals surface area (Å²) in [5.41, 5.74) is -0.304.